The minimum absolute atomic E-state index is 0. The molecule has 0 aliphatic carbocycles. The van der Waals surface area contributed by atoms with Crippen LogP contribution in [0.4, 0.5) is 5.69 Å². The van der Waals surface area contributed by atoms with E-state index in [9.17, 15) is 0 Å². The molecule has 92 valence electrons. The number of nitrogens with zero attached hydrogens (tertiary/aromatic N) is 1. The molecule has 0 saturated heterocycles. The Bertz CT molecular complexity index is 435. The molecule has 0 bridgehead atoms. The first kappa shape index (κ1) is 16.0. The van der Waals surface area contributed by atoms with Crippen LogP contribution >= 0.6 is 36.4 Å². The normalized spacial score (nSPS) is 8.76. The van der Waals surface area contributed by atoms with Gasteiger partial charge in [0.25, 0.3) is 0 Å². The summed E-state index contributed by atoms with van der Waals surface area (Å²) in [6.45, 7) is 0.756. The molecule has 0 radical (unpaired) electrons. The summed E-state index contributed by atoms with van der Waals surface area (Å²) >= 11 is 5.89. The number of rotatable bonds is 3. The fourth-order valence-corrected chi connectivity index (χ4v) is 1.53. The zero-order chi connectivity index (χ0) is 10.5. The second kappa shape index (κ2) is 8.18. The molecule has 0 unspecified atom stereocenters. The first-order valence-corrected chi connectivity index (χ1v) is 5.11. The molecule has 2 nitrogen and oxygen atoms in total. The van der Waals surface area contributed by atoms with E-state index in [1.165, 1.54) is 0 Å². The number of benzene rings is 1. The summed E-state index contributed by atoms with van der Waals surface area (Å²) in [5.41, 5.74) is 2.17. The standard InChI is InChI=1S/C12H11ClN2.2ClH/c13-11-4-1-3-10(7-11)8-15-12-5-2-6-14-9-12;;/h1-7,9,15H,8H2;2*1H. The van der Waals surface area contributed by atoms with Crippen molar-refractivity contribution in [3.05, 3.63) is 59.4 Å². The van der Waals surface area contributed by atoms with Crippen molar-refractivity contribution in [1.82, 2.24) is 4.98 Å². The average molecular weight is 292 g/mol. The average Bonchev–Trinajstić information content (AvgIpc) is 2.28. The van der Waals surface area contributed by atoms with Crippen LogP contribution in [-0.2, 0) is 6.54 Å². The molecule has 0 aliphatic rings. The molecule has 1 aromatic heterocycles. The summed E-state index contributed by atoms with van der Waals surface area (Å²) in [6, 6.07) is 11.7. The molecule has 1 aromatic carbocycles. The van der Waals surface area contributed by atoms with Gasteiger partial charge in [-0.25, -0.2) is 0 Å². The van der Waals surface area contributed by atoms with E-state index in [1.54, 1.807) is 12.4 Å². The smallest absolute Gasteiger partial charge is 0.0529 e. The molecule has 1 heterocycles. The topological polar surface area (TPSA) is 24.9 Å². The van der Waals surface area contributed by atoms with Gasteiger partial charge in [0.1, 0.15) is 0 Å². The number of halogens is 3. The predicted octanol–water partition coefficient (Wildman–Crippen LogP) is 4.19. The lowest BCUT2D eigenvalue weighted by Crippen LogP contribution is -1.99. The second-order valence-electron chi connectivity index (χ2n) is 3.23. The van der Waals surface area contributed by atoms with Crippen LogP contribution in [0.2, 0.25) is 5.02 Å². The summed E-state index contributed by atoms with van der Waals surface area (Å²) in [7, 11) is 0. The van der Waals surface area contributed by atoms with Gasteiger partial charge >= 0.3 is 0 Å². The molecular weight excluding hydrogens is 279 g/mol. The Morgan fingerprint density at radius 1 is 1.12 bits per heavy atom. The Morgan fingerprint density at radius 2 is 1.94 bits per heavy atom. The van der Waals surface area contributed by atoms with Gasteiger partial charge in [-0.1, -0.05) is 23.7 Å². The van der Waals surface area contributed by atoms with Crippen molar-refractivity contribution >= 4 is 42.1 Å². The maximum Gasteiger partial charge on any atom is 0.0529 e. The van der Waals surface area contributed by atoms with Crippen LogP contribution in [0.25, 0.3) is 0 Å². The van der Waals surface area contributed by atoms with Crippen molar-refractivity contribution < 1.29 is 0 Å². The number of hydrogen-bond acceptors (Lipinski definition) is 2. The van der Waals surface area contributed by atoms with Crippen LogP contribution in [0.5, 0.6) is 0 Å². The first-order valence-electron chi connectivity index (χ1n) is 4.73. The number of aromatic nitrogens is 1. The number of pyridine rings is 1. The molecule has 0 atom stereocenters. The Kier molecular flexibility index (Phi) is 7.72. The highest BCUT2D eigenvalue weighted by atomic mass is 35.5. The van der Waals surface area contributed by atoms with E-state index in [2.05, 4.69) is 10.3 Å². The molecule has 1 N–H and O–H groups in total. The van der Waals surface area contributed by atoms with Crippen LogP contribution < -0.4 is 5.32 Å². The molecule has 5 heteroatoms. The van der Waals surface area contributed by atoms with E-state index in [0.29, 0.717) is 0 Å². The van der Waals surface area contributed by atoms with E-state index < -0.39 is 0 Å². The number of anilines is 1. The van der Waals surface area contributed by atoms with Gasteiger partial charge in [0.15, 0.2) is 0 Å². The number of hydrogen-bond donors (Lipinski definition) is 1. The zero-order valence-corrected chi connectivity index (χ0v) is 11.4. The van der Waals surface area contributed by atoms with Crippen molar-refractivity contribution in [3.8, 4) is 0 Å². The third kappa shape index (κ3) is 5.26. The van der Waals surface area contributed by atoms with Gasteiger partial charge in [-0.15, -0.1) is 24.8 Å². The minimum Gasteiger partial charge on any atom is -0.380 e. The van der Waals surface area contributed by atoms with Gasteiger partial charge in [-0.2, -0.15) is 0 Å². The third-order valence-electron chi connectivity index (χ3n) is 2.05. The maximum absolute atomic E-state index is 5.89. The predicted molar refractivity (Wildman–Crippen MR) is 77.5 cm³/mol. The molecule has 0 spiro atoms. The van der Waals surface area contributed by atoms with E-state index >= 15 is 0 Å². The summed E-state index contributed by atoms with van der Waals surface area (Å²) in [6.07, 6.45) is 3.55. The lowest BCUT2D eigenvalue weighted by atomic mass is 10.2. The zero-order valence-electron chi connectivity index (χ0n) is 8.97. The van der Waals surface area contributed by atoms with Gasteiger partial charge in [-0.05, 0) is 29.8 Å². The van der Waals surface area contributed by atoms with E-state index in [-0.39, 0.29) is 24.8 Å². The van der Waals surface area contributed by atoms with E-state index in [0.717, 1.165) is 22.8 Å². The molecule has 17 heavy (non-hydrogen) atoms. The molecular formula is C12H13Cl3N2. The van der Waals surface area contributed by atoms with Gasteiger partial charge in [-0.3, -0.25) is 4.98 Å². The lowest BCUT2D eigenvalue weighted by Gasteiger charge is -2.05. The van der Waals surface area contributed by atoms with Gasteiger partial charge in [0, 0.05) is 24.0 Å². The summed E-state index contributed by atoms with van der Waals surface area (Å²) in [5.74, 6) is 0. The molecule has 0 amide bonds. The molecule has 0 saturated carbocycles. The molecule has 0 fully saturated rings. The monoisotopic (exact) mass is 290 g/mol. The van der Waals surface area contributed by atoms with E-state index in [1.807, 2.05) is 36.4 Å². The van der Waals surface area contributed by atoms with E-state index in [4.69, 9.17) is 11.6 Å². The highest BCUT2D eigenvalue weighted by molar-refractivity contribution is 6.30. The Labute approximate surface area is 118 Å². The van der Waals surface area contributed by atoms with Crippen LogP contribution in [0.3, 0.4) is 0 Å². The first-order chi connectivity index (χ1) is 7.34. The molecule has 2 rings (SSSR count). The summed E-state index contributed by atoms with van der Waals surface area (Å²) in [4.78, 5) is 4.03. The Morgan fingerprint density at radius 3 is 2.59 bits per heavy atom. The fourth-order valence-electron chi connectivity index (χ4n) is 1.32. The van der Waals surface area contributed by atoms with Crippen LogP contribution in [-0.4, -0.2) is 4.98 Å². The van der Waals surface area contributed by atoms with Gasteiger partial charge < -0.3 is 5.32 Å². The SMILES string of the molecule is Cl.Cl.Clc1cccc(CNc2cccnc2)c1. The molecule has 2 aromatic rings. The van der Waals surface area contributed by atoms with Crippen LogP contribution in [0, 0.1) is 0 Å². The fraction of sp³-hybridized carbons (Fsp3) is 0.0833. The Balaban J connectivity index is 0.00000128. The van der Waals surface area contributed by atoms with Crippen molar-refractivity contribution in [2.24, 2.45) is 0 Å². The van der Waals surface area contributed by atoms with Crippen molar-refractivity contribution in [2.75, 3.05) is 5.32 Å². The van der Waals surface area contributed by atoms with Crippen molar-refractivity contribution in [1.29, 1.82) is 0 Å². The molecule has 0 aliphatic heterocycles. The van der Waals surface area contributed by atoms with Crippen molar-refractivity contribution in [3.63, 3.8) is 0 Å². The second-order valence-corrected chi connectivity index (χ2v) is 3.66. The minimum atomic E-state index is 0. The van der Waals surface area contributed by atoms with Gasteiger partial charge in [0.05, 0.1) is 5.69 Å². The quantitative estimate of drug-likeness (QED) is 0.917. The highest BCUT2D eigenvalue weighted by Gasteiger charge is 1.94. The highest BCUT2D eigenvalue weighted by Crippen LogP contribution is 2.12. The van der Waals surface area contributed by atoms with Crippen LogP contribution in [0.1, 0.15) is 5.56 Å². The third-order valence-corrected chi connectivity index (χ3v) is 2.28. The lowest BCUT2D eigenvalue weighted by molar-refractivity contribution is 1.14. The van der Waals surface area contributed by atoms with Crippen LogP contribution in [0.15, 0.2) is 48.8 Å². The Hall–Kier alpha value is -0.960. The van der Waals surface area contributed by atoms with Crippen molar-refractivity contribution in [2.45, 2.75) is 6.54 Å². The summed E-state index contributed by atoms with van der Waals surface area (Å²) < 4.78 is 0. The van der Waals surface area contributed by atoms with Gasteiger partial charge in [0.2, 0.25) is 0 Å². The largest absolute Gasteiger partial charge is 0.380 e. The maximum atomic E-state index is 5.89. The summed E-state index contributed by atoms with van der Waals surface area (Å²) in [5, 5.41) is 4.03. The number of nitrogens with one attached hydrogen (secondary N) is 1.